The highest BCUT2D eigenvalue weighted by atomic mass is 79.9. The van der Waals surface area contributed by atoms with Crippen LogP contribution in [-0.4, -0.2) is 17.0 Å². The Morgan fingerprint density at radius 1 is 1.44 bits per heavy atom. The third-order valence-corrected chi connectivity index (χ3v) is 3.71. The van der Waals surface area contributed by atoms with E-state index in [2.05, 4.69) is 15.9 Å². The molecule has 4 heteroatoms. The molecule has 2 aliphatic rings. The summed E-state index contributed by atoms with van der Waals surface area (Å²) in [5, 5.41) is 9.66. The molecule has 0 amide bonds. The topological polar surface area (TPSA) is 38.7 Å². The molecule has 86 valence electrons. The van der Waals surface area contributed by atoms with Crippen LogP contribution >= 0.6 is 15.9 Å². The van der Waals surface area contributed by atoms with Crippen molar-refractivity contribution in [3.8, 4) is 5.75 Å². The van der Waals surface area contributed by atoms with Crippen LogP contribution in [0.4, 0.5) is 0 Å². The van der Waals surface area contributed by atoms with Gasteiger partial charge < -0.3 is 14.6 Å². The van der Waals surface area contributed by atoms with E-state index in [0.29, 0.717) is 6.42 Å². The van der Waals surface area contributed by atoms with Crippen LogP contribution in [-0.2, 0) is 4.74 Å². The van der Waals surface area contributed by atoms with E-state index in [-0.39, 0.29) is 11.7 Å². The van der Waals surface area contributed by atoms with Crippen molar-refractivity contribution >= 4 is 15.9 Å². The maximum atomic E-state index is 9.66. The molecule has 3 nitrogen and oxygen atoms in total. The molecule has 0 spiro atoms. The highest BCUT2D eigenvalue weighted by Crippen LogP contribution is 2.47. The molecule has 1 aromatic carbocycles. The third kappa shape index (κ3) is 1.65. The number of aliphatic hydroxyl groups excluding tert-OH is 1. The van der Waals surface area contributed by atoms with Gasteiger partial charge in [-0.2, -0.15) is 0 Å². The van der Waals surface area contributed by atoms with Gasteiger partial charge in [-0.05, 0) is 25.1 Å². The third-order valence-electron chi connectivity index (χ3n) is 3.22. The minimum absolute atomic E-state index is 0.0602. The lowest BCUT2D eigenvalue weighted by atomic mass is 9.85. The standard InChI is InChI=1S/C12H13BrO3/c1-12-5-10(15-11(14)6-12)8-4-7(13)2-3-9(8)16-12/h2-4,10-11,14H,5-6H2,1H3. The maximum Gasteiger partial charge on any atom is 0.159 e. The molecule has 0 saturated carbocycles. The smallest absolute Gasteiger partial charge is 0.159 e. The summed E-state index contributed by atoms with van der Waals surface area (Å²) in [6, 6.07) is 5.90. The van der Waals surface area contributed by atoms with Crippen molar-refractivity contribution in [3.05, 3.63) is 28.2 Å². The van der Waals surface area contributed by atoms with Crippen LogP contribution in [0.15, 0.2) is 22.7 Å². The molecule has 3 unspecified atom stereocenters. The second-order valence-electron chi connectivity index (χ2n) is 4.72. The average molecular weight is 285 g/mol. The number of hydrogen-bond acceptors (Lipinski definition) is 3. The zero-order valence-electron chi connectivity index (χ0n) is 8.94. The summed E-state index contributed by atoms with van der Waals surface area (Å²) < 4.78 is 12.5. The van der Waals surface area contributed by atoms with Crippen molar-refractivity contribution in [1.29, 1.82) is 0 Å². The van der Waals surface area contributed by atoms with E-state index in [1.165, 1.54) is 0 Å². The number of aliphatic hydroxyl groups is 1. The summed E-state index contributed by atoms with van der Waals surface area (Å²) >= 11 is 3.44. The second-order valence-corrected chi connectivity index (χ2v) is 5.64. The van der Waals surface area contributed by atoms with Gasteiger partial charge in [-0.1, -0.05) is 15.9 Å². The molecule has 16 heavy (non-hydrogen) atoms. The van der Waals surface area contributed by atoms with Crippen LogP contribution < -0.4 is 4.74 Å². The molecule has 2 aliphatic heterocycles. The molecule has 2 heterocycles. The number of rotatable bonds is 0. The quantitative estimate of drug-likeness (QED) is 0.796. The maximum absolute atomic E-state index is 9.66. The van der Waals surface area contributed by atoms with Crippen molar-refractivity contribution < 1.29 is 14.6 Å². The molecular weight excluding hydrogens is 272 g/mol. The summed E-state index contributed by atoms with van der Waals surface area (Å²) in [5.74, 6) is 0.869. The molecular formula is C12H13BrO3. The molecule has 1 saturated heterocycles. The first-order valence-electron chi connectivity index (χ1n) is 5.38. The van der Waals surface area contributed by atoms with Gasteiger partial charge in [0.15, 0.2) is 6.29 Å². The van der Waals surface area contributed by atoms with Gasteiger partial charge in [-0.3, -0.25) is 0 Å². The summed E-state index contributed by atoms with van der Waals surface area (Å²) in [4.78, 5) is 0. The monoisotopic (exact) mass is 284 g/mol. The normalized spacial score (nSPS) is 36.4. The van der Waals surface area contributed by atoms with Gasteiger partial charge in [0.25, 0.3) is 0 Å². The van der Waals surface area contributed by atoms with Crippen molar-refractivity contribution in [3.63, 3.8) is 0 Å². The molecule has 0 aliphatic carbocycles. The lowest BCUT2D eigenvalue weighted by Gasteiger charge is -2.45. The number of fused-ring (bicyclic) bond motifs is 4. The van der Waals surface area contributed by atoms with E-state index in [9.17, 15) is 5.11 Å². The molecule has 1 fully saturated rings. The molecule has 1 aromatic rings. The minimum Gasteiger partial charge on any atom is -0.487 e. The van der Waals surface area contributed by atoms with Crippen molar-refractivity contribution in [1.82, 2.24) is 0 Å². The highest BCUT2D eigenvalue weighted by molar-refractivity contribution is 9.10. The van der Waals surface area contributed by atoms with Gasteiger partial charge in [-0.25, -0.2) is 0 Å². The van der Waals surface area contributed by atoms with Gasteiger partial charge >= 0.3 is 0 Å². The lowest BCUT2D eigenvalue weighted by Crippen LogP contribution is -2.47. The van der Waals surface area contributed by atoms with Crippen LogP contribution in [0.1, 0.15) is 31.4 Å². The Morgan fingerprint density at radius 3 is 3.06 bits per heavy atom. The van der Waals surface area contributed by atoms with Crippen LogP contribution in [0.25, 0.3) is 0 Å². The van der Waals surface area contributed by atoms with Gasteiger partial charge in [0.1, 0.15) is 11.4 Å². The molecule has 3 atom stereocenters. The zero-order valence-corrected chi connectivity index (χ0v) is 10.5. The Kier molecular flexibility index (Phi) is 2.28. The van der Waals surface area contributed by atoms with E-state index < -0.39 is 6.29 Å². The molecule has 2 bridgehead atoms. The minimum atomic E-state index is -0.726. The first-order chi connectivity index (χ1) is 7.56. The van der Waals surface area contributed by atoms with E-state index in [4.69, 9.17) is 9.47 Å². The molecule has 1 N–H and O–H groups in total. The first-order valence-corrected chi connectivity index (χ1v) is 6.17. The first kappa shape index (κ1) is 10.6. The number of hydrogen-bond donors (Lipinski definition) is 1. The summed E-state index contributed by atoms with van der Waals surface area (Å²) in [6.45, 7) is 2.02. The second kappa shape index (κ2) is 3.45. The number of halogens is 1. The Hall–Kier alpha value is -0.580. The summed E-state index contributed by atoms with van der Waals surface area (Å²) in [7, 11) is 0. The van der Waals surface area contributed by atoms with E-state index in [1.54, 1.807) is 0 Å². The fourth-order valence-corrected chi connectivity index (χ4v) is 2.91. The van der Waals surface area contributed by atoms with Gasteiger partial charge in [0.2, 0.25) is 0 Å². The predicted octanol–water partition coefficient (Wildman–Crippen LogP) is 2.77. The SMILES string of the molecule is CC12CC(O)OC(C1)c1cc(Br)ccc1O2. The van der Waals surface area contributed by atoms with Crippen LogP contribution in [0.5, 0.6) is 5.75 Å². The summed E-state index contributed by atoms with van der Waals surface area (Å²) in [6.07, 6.45) is 0.540. The molecule has 0 aromatic heterocycles. The fraction of sp³-hybridized carbons (Fsp3) is 0.500. The predicted molar refractivity (Wildman–Crippen MR) is 62.2 cm³/mol. The van der Waals surface area contributed by atoms with E-state index in [1.807, 2.05) is 25.1 Å². The Balaban J connectivity index is 2.07. The lowest BCUT2D eigenvalue weighted by molar-refractivity contribution is -0.220. The van der Waals surface area contributed by atoms with Gasteiger partial charge in [0.05, 0.1) is 6.10 Å². The fourth-order valence-electron chi connectivity index (χ4n) is 2.53. The Morgan fingerprint density at radius 2 is 2.25 bits per heavy atom. The molecule has 3 rings (SSSR count). The molecule has 0 radical (unpaired) electrons. The zero-order chi connectivity index (χ0) is 11.3. The average Bonchev–Trinajstić information content (AvgIpc) is 2.17. The van der Waals surface area contributed by atoms with Crippen LogP contribution in [0.3, 0.4) is 0 Å². The largest absolute Gasteiger partial charge is 0.487 e. The van der Waals surface area contributed by atoms with Crippen molar-refractivity contribution in [2.45, 2.75) is 37.8 Å². The van der Waals surface area contributed by atoms with Gasteiger partial charge in [-0.15, -0.1) is 0 Å². The highest BCUT2D eigenvalue weighted by Gasteiger charge is 2.44. The summed E-state index contributed by atoms with van der Waals surface area (Å²) in [5.41, 5.74) is 0.717. The van der Waals surface area contributed by atoms with Gasteiger partial charge in [0, 0.05) is 22.9 Å². The van der Waals surface area contributed by atoms with Crippen LogP contribution in [0.2, 0.25) is 0 Å². The number of benzene rings is 1. The van der Waals surface area contributed by atoms with Crippen molar-refractivity contribution in [2.24, 2.45) is 0 Å². The van der Waals surface area contributed by atoms with E-state index in [0.717, 1.165) is 22.2 Å². The Labute approximate surface area is 102 Å². The number of ether oxygens (including phenoxy) is 2. The van der Waals surface area contributed by atoms with Crippen LogP contribution in [0, 0.1) is 0 Å². The van der Waals surface area contributed by atoms with Crippen molar-refractivity contribution in [2.75, 3.05) is 0 Å². The Bertz CT molecular complexity index is 434. The van der Waals surface area contributed by atoms with E-state index >= 15 is 0 Å².